The van der Waals surface area contributed by atoms with Gasteiger partial charge in [0.15, 0.2) is 0 Å². The van der Waals surface area contributed by atoms with Gasteiger partial charge in [0.1, 0.15) is 11.6 Å². The topological polar surface area (TPSA) is 15.7 Å². The van der Waals surface area contributed by atoms with Gasteiger partial charge in [-0.3, -0.25) is 9.80 Å². The number of ether oxygens (including phenoxy) is 1. The minimum absolute atomic E-state index is 0.137. The molecule has 30 heavy (non-hydrogen) atoms. The predicted octanol–water partition coefficient (Wildman–Crippen LogP) is 5.89. The number of methoxy groups -OCH3 is 1. The number of halogens is 2. The molecule has 0 aromatic heterocycles. The van der Waals surface area contributed by atoms with E-state index in [2.05, 4.69) is 21.9 Å². The van der Waals surface area contributed by atoms with Gasteiger partial charge < -0.3 is 4.74 Å². The van der Waals surface area contributed by atoms with Crippen molar-refractivity contribution < 1.29 is 9.13 Å². The SMILES string of the molecule is COc1cccc(CN2CCCN(Cc3ccc(Cl)cc3)C2c2ccccc2F)c1. The molecular weight excluding hydrogens is 399 g/mol. The van der Waals surface area contributed by atoms with Gasteiger partial charge in [-0.2, -0.15) is 0 Å². The molecule has 3 nitrogen and oxygen atoms in total. The van der Waals surface area contributed by atoms with Gasteiger partial charge in [-0.25, -0.2) is 4.39 Å². The van der Waals surface area contributed by atoms with E-state index in [0.717, 1.165) is 48.9 Å². The minimum atomic E-state index is -0.166. The van der Waals surface area contributed by atoms with Crippen molar-refractivity contribution in [2.24, 2.45) is 0 Å². The molecule has 1 aliphatic heterocycles. The lowest BCUT2D eigenvalue weighted by atomic mass is 10.0. The number of rotatable bonds is 6. The summed E-state index contributed by atoms with van der Waals surface area (Å²) >= 11 is 6.06. The van der Waals surface area contributed by atoms with Crippen molar-refractivity contribution in [2.45, 2.75) is 25.7 Å². The van der Waals surface area contributed by atoms with Crippen LogP contribution < -0.4 is 4.74 Å². The molecule has 0 bridgehead atoms. The molecule has 5 heteroatoms. The fraction of sp³-hybridized carbons (Fsp3) is 0.280. The summed E-state index contributed by atoms with van der Waals surface area (Å²) in [5, 5.41) is 0.725. The van der Waals surface area contributed by atoms with Crippen molar-refractivity contribution in [1.82, 2.24) is 9.80 Å². The van der Waals surface area contributed by atoms with E-state index in [1.165, 1.54) is 5.56 Å². The number of hydrogen-bond donors (Lipinski definition) is 0. The maximum absolute atomic E-state index is 14.9. The lowest BCUT2D eigenvalue weighted by Gasteiger charge is -2.44. The molecule has 1 saturated heterocycles. The van der Waals surface area contributed by atoms with Crippen LogP contribution in [0, 0.1) is 5.82 Å². The minimum Gasteiger partial charge on any atom is -0.497 e. The number of nitrogens with zero attached hydrogens (tertiary/aromatic N) is 2. The third-order valence-electron chi connectivity index (χ3n) is 5.58. The molecule has 0 aliphatic carbocycles. The van der Waals surface area contributed by atoms with E-state index in [-0.39, 0.29) is 12.0 Å². The summed E-state index contributed by atoms with van der Waals surface area (Å²) in [5.74, 6) is 0.672. The maximum atomic E-state index is 14.9. The van der Waals surface area contributed by atoms with Crippen LogP contribution in [0.5, 0.6) is 5.75 Å². The summed E-state index contributed by atoms with van der Waals surface area (Å²) in [5.41, 5.74) is 3.04. The Morgan fingerprint density at radius 2 is 1.60 bits per heavy atom. The van der Waals surface area contributed by atoms with E-state index in [0.29, 0.717) is 5.56 Å². The molecule has 4 rings (SSSR count). The molecule has 1 aliphatic rings. The van der Waals surface area contributed by atoms with Gasteiger partial charge in [0.05, 0.1) is 13.3 Å². The first-order valence-corrected chi connectivity index (χ1v) is 10.6. The average molecular weight is 425 g/mol. The zero-order valence-corrected chi connectivity index (χ0v) is 17.9. The van der Waals surface area contributed by atoms with Crippen LogP contribution in [0.3, 0.4) is 0 Å². The van der Waals surface area contributed by atoms with Crippen molar-refractivity contribution in [3.05, 3.63) is 100 Å². The molecule has 1 atom stereocenters. The zero-order valence-electron chi connectivity index (χ0n) is 17.1. The van der Waals surface area contributed by atoms with Crippen LogP contribution in [-0.2, 0) is 13.1 Å². The highest BCUT2D eigenvalue weighted by atomic mass is 35.5. The Balaban J connectivity index is 1.65. The molecule has 3 aromatic rings. The summed E-state index contributed by atoms with van der Waals surface area (Å²) in [6.45, 7) is 3.29. The fourth-order valence-electron chi connectivity index (χ4n) is 4.19. The monoisotopic (exact) mass is 424 g/mol. The second-order valence-electron chi connectivity index (χ2n) is 7.67. The van der Waals surface area contributed by atoms with Crippen LogP contribution in [0.25, 0.3) is 0 Å². The third kappa shape index (κ3) is 4.84. The molecule has 0 saturated carbocycles. The van der Waals surface area contributed by atoms with Crippen molar-refractivity contribution in [2.75, 3.05) is 20.2 Å². The third-order valence-corrected chi connectivity index (χ3v) is 5.84. The van der Waals surface area contributed by atoms with Gasteiger partial charge in [-0.1, -0.05) is 54.1 Å². The average Bonchev–Trinajstić information content (AvgIpc) is 2.76. The summed E-state index contributed by atoms with van der Waals surface area (Å²) in [6, 6.07) is 23.1. The highest BCUT2D eigenvalue weighted by Gasteiger charge is 2.32. The summed E-state index contributed by atoms with van der Waals surface area (Å²) < 4.78 is 20.3. The van der Waals surface area contributed by atoms with Gasteiger partial charge >= 0.3 is 0 Å². The van der Waals surface area contributed by atoms with Gasteiger partial charge in [-0.05, 0) is 47.9 Å². The molecule has 0 spiro atoms. The van der Waals surface area contributed by atoms with Crippen LogP contribution >= 0.6 is 11.6 Å². The Labute approximate surface area is 182 Å². The lowest BCUT2D eigenvalue weighted by Crippen LogP contribution is -2.47. The zero-order chi connectivity index (χ0) is 20.9. The van der Waals surface area contributed by atoms with Gasteiger partial charge in [0.2, 0.25) is 0 Å². The molecule has 0 radical (unpaired) electrons. The van der Waals surface area contributed by atoms with Crippen LogP contribution in [-0.4, -0.2) is 30.0 Å². The van der Waals surface area contributed by atoms with Gasteiger partial charge in [-0.15, -0.1) is 0 Å². The highest BCUT2D eigenvalue weighted by Crippen LogP contribution is 2.33. The highest BCUT2D eigenvalue weighted by molar-refractivity contribution is 6.30. The van der Waals surface area contributed by atoms with Crippen molar-refractivity contribution >= 4 is 11.6 Å². The van der Waals surface area contributed by atoms with E-state index in [4.69, 9.17) is 16.3 Å². The Bertz CT molecular complexity index is 979. The molecule has 1 heterocycles. The van der Waals surface area contributed by atoms with Crippen LogP contribution in [0.1, 0.15) is 29.3 Å². The van der Waals surface area contributed by atoms with Gasteiger partial charge in [0, 0.05) is 36.8 Å². The number of hydrogen-bond acceptors (Lipinski definition) is 3. The van der Waals surface area contributed by atoms with Crippen LogP contribution in [0.2, 0.25) is 5.02 Å². The van der Waals surface area contributed by atoms with Crippen LogP contribution in [0.4, 0.5) is 4.39 Å². The van der Waals surface area contributed by atoms with E-state index in [1.54, 1.807) is 19.2 Å². The summed E-state index contributed by atoms with van der Waals surface area (Å²) in [6.07, 6.45) is 0.893. The van der Waals surface area contributed by atoms with Crippen molar-refractivity contribution in [3.8, 4) is 5.75 Å². The summed E-state index contributed by atoms with van der Waals surface area (Å²) in [7, 11) is 1.68. The maximum Gasteiger partial charge on any atom is 0.129 e. The first kappa shape index (κ1) is 20.9. The molecule has 1 fully saturated rings. The van der Waals surface area contributed by atoms with E-state index in [1.807, 2.05) is 48.5 Å². The normalized spacial score (nSPS) is 17.8. The first-order chi connectivity index (χ1) is 14.6. The van der Waals surface area contributed by atoms with E-state index < -0.39 is 0 Å². The van der Waals surface area contributed by atoms with E-state index >= 15 is 0 Å². The largest absolute Gasteiger partial charge is 0.497 e. The second-order valence-corrected chi connectivity index (χ2v) is 8.10. The molecule has 0 amide bonds. The molecule has 1 unspecified atom stereocenters. The first-order valence-electron chi connectivity index (χ1n) is 10.2. The second kappa shape index (κ2) is 9.61. The lowest BCUT2D eigenvalue weighted by molar-refractivity contribution is -0.0111. The Morgan fingerprint density at radius 1 is 0.900 bits per heavy atom. The molecule has 156 valence electrons. The van der Waals surface area contributed by atoms with Gasteiger partial charge in [0.25, 0.3) is 0 Å². The number of benzene rings is 3. The standard InChI is InChI=1S/C25H26ClFN2O/c1-30-22-7-4-6-20(16-22)18-29-15-5-14-28(17-19-10-12-21(26)13-11-19)25(29)23-8-2-3-9-24(23)27/h2-4,6-13,16,25H,5,14-15,17-18H2,1H3. The molecular formula is C25H26ClFN2O. The predicted molar refractivity (Wildman–Crippen MR) is 119 cm³/mol. The Hall–Kier alpha value is -2.40. The Morgan fingerprint density at radius 3 is 2.30 bits per heavy atom. The molecule has 3 aromatic carbocycles. The van der Waals surface area contributed by atoms with Crippen molar-refractivity contribution in [1.29, 1.82) is 0 Å². The quantitative estimate of drug-likeness (QED) is 0.490. The Kier molecular flexibility index (Phi) is 6.68. The van der Waals surface area contributed by atoms with Crippen LogP contribution in [0.15, 0.2) is 72.8 Å². The van der Waals surface area contributed by atoms with Crippen molar-refractivity contribution in [3.63, 3.8) is 0 Å². The molecule has 0 N–H and O–H groups in total. The fourth-order valence-corrected chi connectivity index (χ4v) is 4.32. The summed E-state index contributed by atoms with van der Waals surface area (Å²) in [4.78, 5) is 4.71. The van der Waals surface area contributed by atoms with E-state index in [9.17, 15) is 4.39 Å². The smallest absolute Gasteiger partial charge is 0.129 e.